The summed E-state index contributed by atoms with van der Waals surface area (Å²) in [5.74, 6) is -0.539. The lowest BCUT2D eigenvalue weighted by Gasteiger charge is -2.09. The van der Waals surface area contributed by atoms with E-state index in [9.17, 15) is 17.6 Å². The van der Waals surface area contributed by atoms with E-state index in [2.05, 4.69) is 14.7 Å². The number of hydrogen-bond acceptors (Lipinski definition) is 3. The lowest BCUT2D eigenvalue weighted by Crippen LogP contribution is -2.13. The second kappa shape index (κ2) is 5.15. The van der Waals surface area contributed by atoms with Crippen molar-refractivity contribution in [2.24, 2.45) is 0 Å². The Hall–Kier alpha value is -2.32. The first kappa shape index (κ1) is 14.6. The van der Waals surface area contributed by atoms with Crippen molar-refractivity contribution < 1.29 is 12.8 Å². The van der Waals surface area contributed by atoms with Crippen LogP contribution in [-0.4, -0.2) is 18.4 Å². The Kier molecular flexibility index (Phi) is 3.42. The van der Waals surface area contributed by atoms with Crippen molar-refractivity contribution in [3.63, 3.8) is 0 Å². The van der Waals surface area contributed by atoms with Crippen LogP contribution in [0.3, 0.4) is 0 Å². The molecule has 0 saturated carbocycles. The number of sulfonamides is 1. The predicted molar refractivity (Wildman–Crippen MR) is 81.1 cm³/mol. The van der Waals surface area contributed by atoms with Crippen LogP contribution in [0.2, 0.25) is 5.02 Å². The third kappa shape index (κ3) is 2.70. The summed E-state index contributed by atoms with van der Waals surface area (Å²) in [5.41, 5.74) is 0.546. The van der Waals surface area contributed by atoms with Crippen LogP contribution in [0.4, 0.5) is 10.1 Å². The van der Waals surface area contributed by atoms with E-state index in [1.807, 2.05) is 0 Å². The van der Waals surface area contributed by atoms with Gasteiger partial charge in [0.15, 0.2) is 0 Å². The Bertz CT molecular complexity index is 1010. The minimum Gasteiger partial charge on any atom is -0.306 e. The van der Waals surface area contributed by atoms with Crippen LogP contribution in [0.15, 0.2) is 46.1 Å². The van der Waals surface area contributed by atoms with Crippen molar-refractivity contribution in [1.82, 2.24) is 9.97 Å². The summed E-state index contributed by atoms with van der Waals surface area (Å²) < 4.78 is 39.6. The standard InChI is InChI=1S/C13H9ClFN3O3S/c14-9-5-11-12(17-13(19)16-11)6-10(9)18-22(20,21)8-3-1-7(15)2-4-8/h1-6,18H,(H2,16,17,19). The summed E-state index contributed by atoms with van der Waals surface area (Å²) in [4.78, 5) is 16.1. The van der Waals surface area contributed by atoms with E-state index >= 15 is 0 Å². The zero-order valence-electron chi connectivity index (χ0n) is 10.9. The number of H-pyrrole nitrogens is 2. The average Bonchev–Trinajstić information content (AvgIpc) is 2.78. The third-order valence-electron chi connectivity index (χ3n) is 2.97. The van der Waals surface area contributed by atoms with Crippen molar-refractivity contribution >= 4 is 38.3 Å². The summed E-state index contributed by atoms with van der Waals surface area (Å²) >= 11 is 6.01. The second-order valence-electron chi connectivity index (χ2n) is 4.52. The Morgan fingerprint density at radius 3 is 2.27 bits per heavy atom. The van der Waals surface area contributed by atoms with Crippen LogP contribution in [0.1, 0.15) is 0 Å². The molecular formula is C13H9ClFN3O3S. The van der Waals surface area contributed by atoms with Gasteiger partial charge in [-0.05, 0) is 36.4 Å². The molecule has 3 N–H and O–H groups in total. The molecule has 0 radical (unpaired) electrons. The van der Waals surface area contributed by atoms with Crippen LogP contribution < -0.4 is 10.4 Å². The normalized spacial score (nSPS) is 11.7. The second-order valence-corrected chi connectivity index (χ2v) is 6.61. The van der Waals surface area contributed by atoms with Gasteiger partial charge in [-0.1, -0.05) is 11.6 Å². The van der Waals surface area contributed by atoms with Gasteiger partial charge in [0.05, 0.1) is 26.6 Å². The molecular weight excluding hydrogens is 333 g/mol. The number of aromatic nitrogens is 2. The van der Waals surface area contributed by atoms with Crippen molar-refractivity contribution in [2.45, 2.75) is 4.90 Å². The highest BCUT2D eigenvalue weighted by Crippen LogP contribution is 2.28. The molecule has 3 aromatic rings. The first-order valence-electron chi connectivity index (χ1n) is 6.05. The zero-order valence-corrected chi connectivity index (χ0v) is 12.4. The first-order chi connectivity index (χ1) is 10.3. The molecule has 0 unspecified atom stereocenters. The van der Waals surface area contributed by atoms with E-state index in [1.165, 1.54) is 12.1 Å². The summed E-state index contributed by atoms with van der Waals surface area (Å²) in [6, 6.07) is 7.20. The van der Waals surface area contributed by atoms with Gasteiger partial charge in [0.2, 0.25) is 0 Å². The highest BCUT2D eigenvalue weighted by Gasteiger charge is 2.16. The van der Waals surface area contributed by atoms with Gasteiger partial charge in [0.1, 0.15) is 5.82 Å². The number of imidazole rings is 1. The maximum atomic E-state index is 12.9. The molecule has 0 saturated heterocycles. The maximum absolute atomic E-state index is 12.9. The topological polar surface area (TPSA) is 94.8 Å². The molecule has 6 nitrogen and oxygen atoms in total. The Balaban J connectivity index is 2.03. The number of benzene rings is 2. The SMILES string of the molecule is O=c1[nH]c2cc(Cl)c(NS(=O)(=O)c3ccc(F)cc3)cc2[nH]1. The monoisotopic (exact) mass is 341 g/mol. The number of aromatic amines is 2. The molecule has 22 heavy (non-hydrogen) atoms. The van der Waals surface area contributed by atoms with E-state index in [1.54, 1.807) is 0 Å². The third-order valence-corrected chi connectivity index (χ3v) is 4.67. The van der Waals surface area contributed by atoms with Crippen LogP contribution in [0, 0.1) is 5.82 Å². The molecule has 0 spiro atoms. The molecule has 0 atom stereocenters. The van der Waals surface area contributed by atoms with Gasteiger partial charge in [0.25, 0.3) is 10.0 Å². The number of fused-ring (bicyclic) bond motifs is 1. The minimum atomic E-state index is -3.92. The lowest BCUT2D eigenvalue weighted by molar-refractivity contribution is 0.599. The summed E-state index contributed by atoms with van der Waals surface area (Å²) in [5, 5.41) is 0.119. The predicted octanol–water partition coefficient (Wildman–Crippen LogP) is 2.45. The average molecular weight is 342 g/mol. The van der Waals surface area contributed by atoms with Gasteiger partial charge < -0.3 is 9.97 Å². The lowest BCUT2D eigenvalue weighted by atomic mass is 10.3. The molecule has 3 rings (SSSR count). The van der Waals surface area contributed by atoms with E-state index < -0.39 is 21.5 Å². The number of hydrogen-bond donors (Lipinski definition) is 3. The molecule has 114 valence electrons. The fraction of sp³-hybridized carbons (Fsp3) is 0. The fourth-order valence-corrected chi connectivity index (χ4v) is 3.29. The van der Waals surface area contributed by atoms with Crippen molar-refractivity contribution in [3.05, 3.63) is 57.7 Å². The van der Waals surface area contributed by atoms with Crippen LogP contribution in [0.5, 0.6) is 0 Å². The van der Waals surface area contributed by atoms with Gasteiger partial charge in [0, 0.05) is 0 Å². The molecule has 0 aliphatic carbocycles. The first-order valence-corrected chi connectivity index (χ1v) is 7.91. The molecule has 0 fully saturated rings. The van der Waals surface area contributed by atoms with E-state index in [-0.39, 0.29) is 15.6 Å². The summed E-state index contributed by atoms with van der Waals surface area (Å²) in [6.07, 6.45) is 0. The van der Waals surface area contributed by atoms with Gasteiger partial charge >= 0.3 is 5.69 Å². The van der Waals surface area contributed by atoms with Gasteiger partial charge in [-0.3, -0.25) is 4.72 Å². The quantitative estimate of drug-likeness (QED) is 0.683. The van der Waals surface area contributed by atoms with E-state index in [0.717, 1.165) is 24.3 Å². The van der Waals surface area contributed by atoms with E-state index in [4.69, 9.17) is 11.6 Å². The molecule has 9 heteroatoms. The molecule has 0 amide bonds. The number of nitrogens with one attached hydrogen (secondary N) is 3. The smallest absolute Gasteiger partial charge is 0.306 e. The Morgan fingerprint density at radius 2 is 1.64 bits per heavy atom. The molecule has 0 bridgehead atoms. The largest absolute Gasteiger partial charge is 0.323 e. The fourth-order valence-electron chi connectivity index (χ4n) is 1.95. The highest BCUT2D eigenvalue weighted by molar-refractivity contribution is 7.92. The van der Waals surface area contributed by atoms with Gasteiger partial charge in [-0.2, -0.15) is 0 Å². The van der Waals surface area contributed by atoms with Gasteiger partial charge in [-0.25, -0.2) is 17.6 Å². The van der Waals surface area contributed by atoms with Crippen molar-refractivity contribution in [3.8, 4) is 0 Å². The molecule has 0 aliphatic heterocycles. The van der Waals surface area contributed by atoms with E-state index in [0.29, 0.717) is 11.0 Å². The number of halogens is 2. The molecule has 1 aromatic heterocycles. The van der Waals surface area contributed by atoms with Crippen molar-refractivity contribution in [2.75, 3.05) is 4.72 Å². The zero-order chi connectivity index (χ0) is 15.9. The van der Waals surface area contributed by atoms with Crippen molar-refractivity contribution in [1.29, 1.82) is 0 Å². The molecule has 2 aromatic carbocycles. The van der Waals surface area contributed by atoms with Crippen LogP contribution in [0.25, 0.3) is 11.0 Å². The minimum absolute atomic E-state index is 0.104. The molecule has 0 aliphatic rings. The summed E-state index contributed by atoms with van der Waals surface area (Å²) in [7, 11) is -3.92. The Morgan fingerprint density at radius 1 is 1.05 bits per heavy atom. The van der Waals surface area contributed by atoms with Crippen LogP contribution >= 0.6 is 11.6 Å². The highest BCUT2D eigenvalue weighted by atomic mass is 35.5. The van der Waals surface area contributed by atoms with Gasteiger partial charge in [-0.15, -0.1) is 0 Å². The molecule has 1 heterocycles. The maximum Gasteiger partial charge on any atom is 0.323 e. The summed E-state index contributed by atoms with van der Waals surface area (Å²) in [6.45, 7) is 0. The van der Waals surface area contributed by atoms with Crippen LogP contribution in [-0.2, 0) is 10.0 Å². The Labute approximate surface area is 129 Å². The number of rotatable bonds is 3. The number of anilines is 1.